The van der Waals surface area contributed by atoms with Crippen molar-refractivity contribution in [1.29, 1.82) is 0 Å². The van der Waals surface area contributed by atoms with Crippen LogP contribution in [0, 0.1) is 0 Å². The summed E-state index contributed by atoms with van der Waals surface area (Å²) in [7, 11) is 0. The van der Waals surface area contributed by atoms with E-state index in [4.69, 9.17) is 9.47 Å². The maximum atomic E-state index is 13.4. The molecule has 0 heterocycles. The van der Waals surface area contributed by atoms with Crippen LogP contribution in [-0.4, -0.2) is 30.8 Å². The zero-order valence-corrected chi connectivity index (χ0v) is 28.6. The average molecular weight is 668 g/mol. The third-order valence-corrected chi connectivity index (χ3v) is 8.41. The molecule has 1 N–H and O–H groups in total. The van der Waals surface area contributed by atoms with Crippen LogP contribution < -0.4 is 10.1 Å². The van der Waals surface area contributed by atoms with Crippen LogP contribution in [0.2, 0.25) is 0 Å². The minimum absolute atomic E-state index is 0.0182. The van der Waals surface area contributed by atoms with E-state index < -0.39 is 18.2 Å². The van der Waals surface area contributed by atoms with Crippen molar-refractivity contribution >= 4 is 17.6 Å². The normalized spacial score (nSPS) is 12.0. The predicted octanol–water partition coefficient (Wildman–Crippen LogP) is 12.0. The van der Waals surface area contributed by atoms with Crippen LogP contribution in [0.1, 0.15) is 131 Å². The van der Waals surface area contributed by atoms with Crippen molar-refractivity contribution in [3.8, 4) is 16.9 Å². The molecular weight excluding hydrogens is 615 g/mol. The summed E-state index contributed by atoms with van der Waals surface area (Å²) in [4.78, 5) is 25.3. The summed E-state index contributed by atoms with van der Waals surface area (Å²) < 4.78 is 50.9. The van der Waals surface area contributed by atoms with E-state index in [0.29, 0.717) is 30.7 Å². The second-order valence-corrected chi connectivity index (χ2v) is 12.4. The summed E-state index contributed by atoms with van der Waals surface area (Å²) in [6, 6.07) is 20.7. The molecule has 262 valence electrons. The number of nitrogens with one attached hydrogen (secondary N) is 1. The predicted molar refractivity (Wildman–Crippen MR) is 188 cm³/mol. The van der Waals surface area contributed by atoms with Crippen LogP contribution in [0.3, 0.4) is 0 Å². The Morgan fingerprint density at radius 3 is 1.65 bits per heavy atom. The Balaban J connectivity index is 1.41. The number of ether oxygens (including phenoxy) is 2. The molecule has 0 aliphatic rings. The standard InChI is InChI=1S/C40H52F3NO4/c1-3-5-7-9-10-11-12-13-14-16-30-47-36-28-24-32(25-29-36)31-18-20-33(21-19-31)38(45)44-35-26-22-34(23-27-35)39(46)48-37(40(41,42)43)17-15-8-6-4-2/h18-29,37H,3-17,30H2,1-2H3,(H,44,45). The average Bonchev–Trinajstić information content (AvgIpc) is 3.08. The van der Waals surface area contributed by atoms with Gasteiger partial charge in [0.1, 0.15) is 5.75 Å². The number of carbonyl (C=O) groups is 2. The van der Waals surface area contributed by atoms with E-state index in [1.54, 1.807) is 12.1 Å². The summed E-state index contributed by atoms with van der Waals surface area (Å²) in [6.45, 7) is 4.93. The molecule has 0 aliphatic heterocycles. The highest BCUT2D eigenvalue weighted by Gasteiger charge is 2.42. The molecular formula is C40H52F3NO4. The maximum absolute atomic E-state index is 13.4. The Bertz CT molecular complexity index is 1340. The molecule has 1 amide bonds. The maximum Gasteiger partial charge on any atom is 0.425 e. The summed E-state index contributed by atoms with van der Waals surface area (Å²) in [6.07, 6.45) is 8.58. The van der Waals surface area contributed by atoms with Crippen LogP contribution in [0.15, 0.2) is 72.8 Å². The van der Waals surface area contributed by atoms with E-state index in [9.17, 15) is 22.8 Å². The lowest BCUT2D eigenvalue weighted by atomic mass is 10.0. The molecule has 0 fully saturated rings. The number of carbonyl (C=O) groups excluding carboxylic acids is 2. The molecule has 0 spiro atoms. The van der Waals surface area contributed by atoms with E-state index in [-0.39, 0.29) is 17.9 Å². The molecule has 48 heavy (non-hydrogen) atoms. The quantitative estimate of drug-likeness (QED) is 0.0855. The highest BCUT2D eigenvalue weighted by atomic mass is 19.4. The second kappa shape index (κ2) is 21.2. The first kappa shape index (κ1) is 38.6. The largest absolute Gasteiger partial charge is 0.494 e. The van der Waals surface area contributed by atoms with Gasteiger partial charge in [0.05, 0.1) is 12.2 Å². The lowest BCUT2D eigenvalue weighted by Gasteiger charge is -2.20. The molecule has 5 nitrogen and oxygen atoms in total. The summed E-state index contributed by atoms with van der Waals surface area (Å²) in [5.41, 5.74) is 2.79. The van der Waals surface area contributed by atoms with E-state index in [0.717, 1.165) is 36.1 Å². The molecule has 0 aromatic heterocycles. The number of hydrogen-bond acceptors (Lipinski definition) is 4. The van der Waals surface area contributed by atoms with Gasteiger partial charge in [-0.25, -0.2) is 4.79 Å². The number of esters is 1. The van der Waals surface area contributed by atoms with Crippen LogP contribution in [-0.2, 0) is 4.74 Å². The highest BCUT2D eigenvalue weighted by molar-refractivity contribution is 6.04. The molecule has 8 heteroatoms. The monoisotopic (exact) mass is 667 g/mol. The lowest BCUT2D eigenvalue weighted by Crippen LogP contribution is -2.33. The highest BCUT2D eigenvalue weighted by Crippen LogP contribution is 2.28. The topological polar surface area (TPSA) is 64.6 Å². The van der Waals surface area contributed by atoms with Crippen molar-refractivity contribution < 1.29 is 32.2 Å². The molecule has 0 bridgehead atoms. The van der Waals surface area contributed by atoms with Crippen molar-refractivity contribution in [2.75, 3.05) is 11.9 Å². The number of alkyl halides is 3. The van der Waals surface area contributed by atoms with Crippen LogP contribution in [0.25, 0.3) is 11.1 Å². The van der Waals surface area contributed by atoms with E-state index in [2.05, 4.69) is 12.2 Å². The van der Waals surface area contributed by atoms with Gasteiger partial charge in [-0.3, -0.25) is 4.79 Å². The molecule has 3 aromatic rings. The minimum atomic E-state index is -4.63. The summed E-state index contributed by atoms with van der Waals surface area (Å²) in [5, 5.41) is 2.76. The number of halogens is 3. The number of amides is 1. The minimum Gasteiger partial charge on any atom is -0.494 e. The number of anilines is 1. The fraction of sp³-hybridized carbons (Fsp3) is 0.500. The zero-order valence-electron chi connectivity index (χ0n) is 28.6. The Morgan fingerprint density at radius 1 is 0.625 bits per heavy atom. The Labute approximate surface area is 284 Å². The number of unbranched alkanes of at least 4 members (excludes halogenated alkanes) is 12. The number of benzene rings is 3. The lowest BCUT2D eigenvalue weighted by molar-refractivity contribution is -0.206. The van der Waals surface area contributed by atoms with Gasteiger partial charge >= 0.3 is 12.1 Å². The Hall–Kier alpha value is -3.81. The number of hydrogen-bond donors (Lipinski definition) is 1. The molecule has 3 aromatic carbocycles. The fourth-order valence-electron chi connectivity index (χ4n) is 5.47. The molecule has 0 radical (unpaired) electrons. The first-order valence-corrected chi connectivity index (χ1v) is 17.7. The van der Waals surface area contributed by atoms with Gasteiger partial charge in [0, 0.05) is 11.3 Å². The third-order valence-electron chi connectivity index (χ3n) is 8.41. The van der Waals surface area contributed by atoms with Gasteiger partial charge in [-0.15, -0.1) is 0 Å². The van der Waals surface area contributed by atoms with E-state index in [1.807, 2.05) is 43.3 Å². The summed E-state index contributed by atoms with van der Waals surface area (Å²) >= 11 is 0. The summed E-state index contributed by atoms with van der Waals surface area (Å²) in [5.74, 6) is -0.556. The van der Waals surface area contributed by atoms with Crippen molar-refractivity contribution in [2.24, 2.45) is 0 Å². The first-order chi connectivity index (χ1) is 23.2. The second-order valence-electron chi connectivity index (χ2n) is 12.4. The smallest absolute Gasteiger partial charge is 0.425 e. The molecule has 0 aliphatic carbocycles. The van der Waals surface area contributed by atoms with Crippen molar-refractivity contribution in [2.45, 2.75) is 122 Å². The van der Waals surface area contributed by atoms with Crippen molar-refractivity contribution in [3.05, 3.63) is 83.9 Å². The van der Waals surface area contributed by atoms with Crippen molar-refractivity contribution in [3.63, 3.8) is 0 Å². The van der Waals surface area contributed by atoms with Gasteiger partial charge in [-0.05, 0) is 78.9 Å². The number of rotatable bonds is 22. The zero-order chi connectivity index (χ0) is 34.6. The van der Waals surface area contributed by atoms with Gasteiger partial charge in [0.15, 0.2) is 6.10 Å². The first-order valence-electron chi connectivity index (χ1n) is 17.7. The molecule has 0 saturated carbocycles. The fourth-order valence-corrected chi connectivity index (χ4v) is 5.47. The van der Waals surface area contributed by atoms with Gasteiger partial charge in [-0.2, -0.15) is 13.2 Å². The van der Waals surface area contributed by atoms with Gasteiger partial charge in [0.2, 0.25) is 0 Å². The van der Waals surface area contributed by atoms with Gasteiger partial charge < -0.3 is 14.8 Å². The van der Waals surface area contributed by atoms with Crippen LogP contribution >= 0.6 is 0 Å². The van der Waals surface area contributed by atoms with Gasteiger partial charge in [0.25, 0.3) is 5.91 Å². The molecule has 1 unspecified atom stereocenters. The SMILES string of the molecule is CCCCCCCCCCCCOc1ccc(-c2ccc(C(=O)Nc3ccc(C(=O)OC(CCCCCC)C(F)(F)F)cc3)cc2)cc1. The molecule has 0 saturated heterocycles. The Kier molecular flexibility index (Phi) is 17.1. The van der Waals surface area contributed by atoms with Crippen LogP contribution in [0.4, 0.5) is 18.9 Å². The van der Waals surface area contributed by atoms with Crippen LogP contribution in [0.5, 0.6) is 5.75 Å². The van der Waals surface area contributed by atoms with Gasteiger partial charge in [-0.1, -0.05) is 115 Å². The third kappa shape index (κ3) is 14.1. The molecule has 1 atom stereocenters. The Morgan fingerprint density at radius 2 is 1.10 bits per heavy atom. The van der Waals surface area contributed by atoms with E-state index >= 15 is 0 Å². The molecule has 3 rings (SSSR count). The van der Waals surface area contributed by atoms with E-state index in [1.165, 1.54) is 82.1 Å². The van der Waals surface area contributed by atoms with Crippen molar-refractivity contribution in [1.82, 2.24) is 0 Å².